The molecule has 6 nitrogen and oxygen atoms in total. The SMILES string of the molecule is CC(=O)c1ccccc1N(C(=O)CC#N)C(C(=O)NC1CCCCC1)c1ccc(C)cc1. The van der Waals surface area contributed by atoms with Crippen molar-refractivity contribution >= 4 is 23.3 Å². The van der Waals surface area contributed by atoms with Crippen molar-refractivity contribution in [3.8, 4) is 6.07 Å². The third-order valence-corrected chi connectivity index (χ3v) is 5.89. The minimum atomic E-state index is -0.987. The molecule has 0 aliphatic heterocycles. The van der Waals surface area contributed by atoms with Crippen molar-refractivity contribution in [2.24, 2.45) is 0 Å². The lowest BCUT2D eigenvalue weighted by molar-refractivity contribution is -0.127. The standard InChI is InChI=1S/C26H29N3O3/c1-18-12-14-20(15-13-18)25(26(32)28-21-8-4-3-5-9-21)29(24(31)16-17-27)23-11-7-6-10-22(23)19(2)30/h6-7,10-15,21,25H,3-5,8-9,16H2,1-2H3,(H,28,32). The van der Waals surface area contributed by atoms with Crippen LogP contribution in [0.25, 0.3) is 0 Å². The van der Waals surface area contributed by atoms with E-state index < -0.39 is 18.4 Å². The van der Waals surface area contributed by atoms with Gasteiger partial charge in [-0.25, -0.2) is 0 Å². The summed E-state index contributed by atoms with van der Waals surface area (Å²) in [6.45, 7) is 3.37. The van der Waals surface area contributed by atoms with Gasteiger partial charge in [0.1, 0.15) is 12.5 Å². The maximum atomic E-state index is 13.6. The molecule has 3 rings (SSSR count). The maximum Gasteiger partial charge on any atom is 0.248 e. The number of carbonyl (C=O) groups excluding carboxylic acids is 3. The molecule has 0 bridgehead atoms. The van der Waals surface area contributed by atoms with E-state index in [2.05, 4.69) is 5.32 Å². The molecule has 0 heterocycles. The molecule has 0 spiro atoms. The number of hydrogen-bond donors (Lipinski definition) is 1. The third kappa shape index (κ3) is 5.42. The fraction of sp³-hybridized carbons (Fsp3) is 0.385. The van der Waals surface area contributed by atoms with Crippen molar-refractivity contribution in [1.29, 1.82) is 5.26 Å². The van der Waals surface area contributed by atoms with Crippen LogP contribution >= 0.6 is 0 Å². The predicted molar refractivity (Wildman–Crippen MR) is 123 cm³/mol. The summed E-state index contributed by atoms with van der Waals surface area (Å²) in [5, 5.41) is 12.4. The highest BCUT2D eigenvalue weighted by Crippen LogP contribution is 2.32. The Hall–Kier alpha value is -3.46. The Morgan fingerprint density at radius 1 is 1.06 bits per heavy atom. The number of rotatable bonds is 7. The normalized spacial score (nSPS) is 14.8. The summed E-state index contributed by atoms with van der Waals surface area (Å²) in [6.07, 6.45) is 4.69. The van der Waals surface area contributed by atoms with Gasteiger partial charge in [0.15, 0.2) is 5.78 Å². The molecule has 2 amide bonds. The summed E-state index contributed by atoms with van der Waals surface area (Å²) >= 11 is 0. The fourth-order valence-electron chi connectivity index (χ4n) is 4.25. The van der Waals surface area contributed by atoms with Gasteiger partial charge in [0.05, 0.1) is 11.8 Å². The Bertz CT molecular complexity index is 1020. The third-order valence-electron chi connectivity index (χ3n) is 5.89. The summed E-state index contributed by atoms with van der Waals surface area (Å²) < 4.78 is 0. The highest BCUT2D eigenvalue weighted by atomic mass is 16.2. The van der Waals surface area contributed by atoms with Crippen molar-refractivity contribution in [3.63, 3.8) is 0 Å². The number of aryl methyl sites for hydroxylation is 1. The Balaban J connectivity index is 2.11. The summed E-state index contributed by atoms with van der Waals surface area (Å²) in [5.41, 5.74) is 2.33. The number of para-hydroxylation sites is 1. The summed E-state index contributed by atoms with van der Waals surface area (Å²) in [7, 11) is 0. The zero-order valence-corrected chi connectivity index (χ0v) is 18.6. The molecule has 32 heavy (non-hydrogen) atoms. The molecule has 166 valence electrons. The Kier molecular flexibility index (Phi) is 7.77. The van der Waals surface area contributed by atoms with Gasteiger partial charge in [-0.1, -0.05) is 61.2 Å². The van der Waals surface area contributed by atoms with E-state index in [4.69, 9.17) is 0 Å². The zero-order valence-electron chi connectivity index (χ0n) is 18.6. The highest BCUT2D eigenvalue weighted by molar-refractivity contribution is 6.08. The molecular weight excluding hydrogens is 402 g/mol. The summed E-state index contributed by atoms with van der Waals surface area (Å²) in [5.74, 6) is -1.04. The van der Waals surface area contributed by atoms with Gasteiger partial charge in [0.25, 0.3) is 0 Å². The number of anilines is 1. The summed E-state index contributed by atoms with van der Waals surface area (Å²) in [6, 6.07) is 15.1. The van der Waals surface area contributed by atoms with Gasteiger partial charge < -0.3 is 5.32 Å². The van der Waals surface area contributed by atoms with E-state index in [-0.39, 0.29) is 17.7 Å². The molecule has 1 N–H and O–H groups in total. The van der Waals surface area contributed by atoms with Gasteiger partial charge in [-0.2, -0.15) is 5.26 Å². The fourth-order valence-corrected chi connectivity index (χ4v) is 4.25. The molecule has 1 atom stereocenters. The number of ketones is 1. The van der Waals surface area contributed by atoms with Gasteiger partial charge in [-0.3, -0.25) is 19.3 Å². The first-order chi connectivity index (χ1) is 15.4. The van der Waals surface area contributed by atoms with Crippen molar-refractivity contribution in [2.75, 3.05) is 4.90 Å². The van der Waals surface area contributed by atoms with Gasteiger partial charge >= 0.3 is 0 Å². The van der Waals surface area contributed by atoms with Crippen LogP contribution in [0.4, 0.5) is 5.69 Å². The molecule has 0 saturated heterocycles. The van der Waals surface area contributed by atoms with Crippen molar-refractivity contribution in [3.05, 3.63) is 65.2 Å². The van der Waals surface area contributed by atoms with Crippen LogP contribution < -0.4 is 10.2 Å². The van der Waals surface area contributed by atoms with E-state index in [9.17, 15) is 19.6 Å². The maximum absolute atomic E-state index is 13.6. The highest BCUT2D eigenvalue weighted by Gasteiger charge is 2.35. The number of amides is 2. The van der Waals surface area contributed by atoms with Crippen molar-refractivity contribution in [2.45, 2.75) is 64.5 Å². The minimum absolute atomic E-state index is 0.0557. The van der Waals surface area contributed by atoms with E-state index in [1.165, 1.54) is 11.8 Å². The van der Waals surface area contributed by atoms with Crippen molar-refractivity contribution < 1.29 is 14.4 Å². The number of nitrogens with zero attached hydrogens (tertiary/aromatic N) is 2. The average Bonchev–Trinajstić information content (AvgIpc) is 2.79. The van der Waals surface area contributed by atoms with Crippen LogP contribution in [-0.2, 0) is 9.59 Å². The lowest BCUT2D eigenvalue weighted by atomic mass is 9.94. The molecule has 1 saturated carbocycles. The van der Waals surface area contributed by atoms with E-state index in [1.54, 1.807) is 24.3 Å². The van der Waals surface area contributed by atoms with Crippen LogP contribution in [0.5, 0.6) is 0 Å². The van der Waals surface area contributed by atoms with E-state index in [0.717, 1.165) is 37.7 Å². The predicted octanol–water partition coefficient (Wildman–Crippen LogP) is 4.63. The van der Waals surface area contributed by atoms with Crippen LogP contribution in [0.3, 0.4) is 0 Å². The molecule has 1 aliphatic rings. The molecular formula is C26H29N3O3. The minimum Gasteiger partial charge on any atom is -0.351 e. The molecule has 2 aromatic carbocycles. The first-order valence-electron chi connectivity index (χ1n) is 11.1. The average molecular weight is 432 g/mol. The second kappa shape index (κ2) is 10.7. The summed E-state index contributed by atoms with van der Waals surface area (Å²) in [4.78, 5) is 40.5. The molecule has 1 fully saturated rings. The van der Waals surface area contributed by atoms with Crippen molar-refractivity contribution in [1.82, 2.24) is 5.32 Å². The smallest absolute Gasteiger partial charge is 0.248 e. The van der Waals surface area contributed by atoms with Crippen LogP contribution in [0.1, 0.15) is 73.0 Å². The lowest BCUT2D eigenvalue weighted by Crippen LogP contribution is -2.47. The Morgan fingerprint density at radius 2 is 1.72 bits per heavy atom. The first-order valence-corrected chi connectivity index (χ1v) is 11.1. The molecule has 2 aromatic rings. The van der Waals surface area contributed by atoms with E-state index in [0.29, 0.717) is 16.8 Å². The van der Waals surface area contributed by atoms with Gasteiger partial charge in [0.2, 0.25) is 11.8 Å². The molecule has 0 radical (unpaired) electrons. The Morgan fingerprint density at radius 3 is 2.34 bits per heavy atom. The monoisotopic (exact) mass is 431 g/mol. The molecule has 0 aromatic heterocycles. The number of benzene rings is 2. The van der Waals surface area contributed by atoms with E-state index >= 15 is 0 Å². The van der Waals surface area contributed by atoms with Crippen LogP contribution in [0, 0.1) is 18.3 Å². The van der Waals surface area contributed by atoms with Crippen LogP contribution in [0.2, 0.25) is 0 Å². The van der Waals surface area contributed by atoms with E-state index in [1.807, 2.05) is 37.3 Å². The molecule has 1 aliphatic carbocycles. The van der Waals surface area contributed by atoms with Gasteiger partial charge in [0, 0.05) is 11.6 Å². The number of nitrogens with one attached hydrogen (secondary N) is 1. The largest absolute Gasteiger partial charge is 0.351 e. The Labute approximate surface area is 189 Å². The lowest BCUT2D eigenvalue weighted by Gasteiger charge is -2.34. The topological polar surface area (TPSA) is 90.3 Å². The van der Waals surface area contributed by atoms with Crippen LogP contribution in [0.15, 0.2) is 48.5 Å². The quantitative estimate of drug-likeness (QED) is 0.647. The zero-order chi connectivity index (χ0) is 23.1. The van der Waals surface area contributed by atoms with Gasteiger partial charge in [-0.05, 0) is 44.4 Å². The van der Waals surface area contributed by atoms with Gasteiger partial charge in [-0.15, -0.1) is 0 Å². The number of nitriles is 1. The molecule has 1 unspecified atom stereocenters. The second-order valence-corrected chi connectivity index (χ2v) is 8.33. The number of carbonyl (C=O) groups is 3. The second-order valence-electron chi connectivity index (χ2n) is 8.33. The van der Waals surface area contributed by atoms with Crippen LogP contribution in [-0.4, -0.2) is 23.6 Å². The molecule has 6 heteroatoms. The number of Topliss-reactive ketones (excluding diaryl/α,β-unsaturated/α-hetero) is 1. The number of hydrogen-bond acceptors (Lipinski definition) is 4. The first kappa shape index (κ1) is 23.2.